The van der Waals surface area contributed by atoms with Gasteiger partial charge in [-0.1, -0.05) is 49.0 Å². The SMILES string of the molecule is CCc1ccc(C#N)c(S[C@H](C[C@H]2COC(C)(C)N2C(=O)OC(C)(C)C)c2ccccc2)n1. The van der Waals surface area contributed by atoms with E-state index in [1.807, 2.05) is 71.9 Å². The standard InChI is InChI=1S/C26H33N3O3S/c1-7-20-14-13-19(16-27)23(28-20)33-22(18-11-9-8-10-12-18)15-21-17-31-26(5,6)29(21)24(30)32-25(2,3)4/h8-14,21-22H,7,15,17H2,1-6H3/t21-,22+/m0/s1. The molecule has 1 aromatic carbocycles. The number of thioether (sulfide) groups is 1. The molecule has 2 aromatic rings. The second-order valence-electron chi connectivity index (χ2n) is 9.64. The number of rotatable bonds is 6. The van der Waals surface area contributed by atoms with Crippen LogP contribution in [0.3, 0.4) is 0 Å². The summed E-state index contributed by atoms with van der Waals surface area (Å²) in [6, 6.07) is 16.0. The lowest BCUT2D eigenvalue weighted by Gasteiger charge is -2.36. The van der Waals surface area contributed by atoms with E-state index in [0.29, 0.717) is 23.6 Å². The van der Waals surface area contributed by atoms with E-state index in [1.165, 1.54) is 0 Å². The lowest BCUT2D eigenvalue weighted by atomic mass is 10.0. The van der Waals surface area contributed by atoms with Gasteiger partial charge < -0.3 is 9.47 Å². The van der Waals surface area contributed by atoms with Crippen molar-refractivity contribution in [1.29, 1.82) is 5.26 Å². The van der Waals surface area contributed by atoms with Crippen LogP contribution in [-0.2, 0) is 15.9 Å². The number of pyridine rings is 1. The second-order valence-corrected chi connectivity index (χ2v) is 10.8. The van der Waals surface area contributed by atoms with Gasteiger partial charge >= 0.3 is 6.09 Å². The molecular weight excluding hydrogens is 434 g/mol. The topological polar surface area (TPSA) is 75.5 Å². The lowest BCUT2D eigenvalue weighted by Crippen LogP contribution is -2.50. The van der Waals surface area contributed by atoms with Gasteiger partial charge in [-0.25, -0.2) is 9.78 Å². The van der Waals surface area contributed by atoms with E-state index < -0.39 is 11.3 Å². The summed E-state index contributed by atoms with van der Waals surface area (Å²) in [5.74, 6) is 0. The molecule has 2 heterocycles. The van der Waals surface area contributed by atoms with Crippen LogP contribution in [0.4, 0.5) is 4.79 Å². The van der Waals surface area contributed by atoms with E-state index >= 15 is 0 Å². The average Bonchev–Trinajstić information content (AvgIpc) is 3.06. The number of hydrogen-bond acceptors (Lipinski definition) is 6. The minimum absolute atomic E-state index is 0.0228. The highest BCUT2D eigenvalue weighted by Gasteiger charge is 2.46. The van der Waals surface area contributed by atoms with E-state index in [1.54, 1.807) is 16.7 Å². The molecule has 176 valence electrons. The van der Waals surface area contributed by atoms with Gasteiger partial charge in [0.1, 0.15) is 22.4 Å². The first-order valence-corrected chi connectivity index (χ1v) is 12.2. The van der Waals surface area contributed by atoms with Crippen LogP contribution in [-0.4, -0.2) is 40.0 Å². The van der Waals surface area contributed by atoms with Gasteiger partial charge in [0.2, 0.25) is 0 Å². The smallest absolute Gasteiger partial charge is 0.412 e. The zero-order chi connectivity index (χ0) is 24.2. The monoisotopic (exact) mass is 467 g/mol. The van der Waals surface area contributed by atoms with Gasteiger partial charge in [-0.3, -0.25) is 4.90 Å². The molecule has 0 aliphatic carbocycles. The maximum absolute atomic E-state index is 13.1. The third-order valence-corrected chi connectivity index (χ3v) is 6.76. The van der Waals surface area contributed by atoms with Gasteiger partial charge in [-0.15, -0.1) is 0 Å². The molecule has 2 atom stereocenters. The van der Waals surface area contributed by atoms with Crippen LogP contribution in [0, 0.1) is 11.3 Å². The Morgan fingerprint density at radius 1 is 1.30 bits per heavy atom. The Morgan fingerprint density at radius 3 is 2.61 bits per heavy atom. The molecular formula is C26H33N3O3S. The van der Waals surface area contributed by atoms with Crippen molar-refractivity contribution in [2.24, 2.45) is 0 Å². The molecule has 33 heavy (non-hydrogen) atoms. The van der Waals surface area contributed by atoms with Crippen LogP contribution in [0.2, 0.25) is 0 Å². The zero-order valence-corrected chi connectivity index (χ0v) is 21.1. The minimum Gasteiger partial charge on any atom is -0.444 e. The van der Waals surface area contributed by atoms with Crippen LogP contribution >= 0.6 is 11.8 Å². The highest BCUT2D eigenvalue weighted by molar-refractivity contribution is 7.99. The van der Waals surface area contributed by atoms with Crippen molar-refractivity contribution in [3.8, 4) is 6.07 Å². The fraction of sp³-hybridized carbons (Fsp3) is 0.500. The van der Waals surface area contributed by atoms with Crippen molar-refractivity contribution in [2.75, 3.05) is 6.61 Å². The number of amides is 1. The van der Waals surface area contributed by atoms with Crippen molar-refractivity contribution in [1.82, 2.24) is 9.88 Å². The Bertz CT molecular complexity index is 1010. The number of aryl methyl sites for hydroxylation is 1. The highest BCUT2D eigenvalue weighted by Crippen LogP contribution is 2.42. The Labute approximate surface area is 201 Å². The van der Waals surface area contributed by atoms with Crippen LogP contribution in [0.1, 0.15) is 70.0 Å². The first-order chi connectivity index (χ1) is 15.5. The van der Waals surface area contributed by atoms with Gasteiger partial charge in [0.15, 0.2) is 0 Å². The first kappa shape index (κ1) is 25.1. The molecule has 1 fully saturated rings. The Balaban J connectivity index is 1.93. The van der Waals surface area contributed by atoms with E-state index in [0.717, 1.165) is 17.7 Å². The van der Waals surface area contributed by atoms with Gasteiger partial charge in [-0.05, 0) is 65.2 Å². The summed E-state index contributed by atoms with van der Waals surface area (Å²) in [7, 11) is 0. The Kier molecular flexibility index (Phi) is 7.71. The number of aromatic nitrogens is 1. The normalized spacial score (nSPS) is 18.6. The molecule has 0 unspecified atom stereocenters. The van der Waals surface area contributed by atoms with Crippen LogP contribution in [0.5, 0.6) is 0 Å². The molecule has 1 aliphatic rings. The predicted octanol–water partition coefficient (Wildman–Crippen LogP) is 6.11. The van der Waals surface area contributed by atoms with E-state index in [2.05, 4.69) is 18.2 Å². The molecule has 7 heteroatoms. The molecule has 0 spiro atoms. The Hall–Kier alpha value is -2.56. The van der Waals surface area contributed by atoms with E-state index in [9.17, 15) is 10.1 Å². The first-order valence-electron chi connectivity index (χ1n) is 11.3. The highest BCUT2D eigenvalue weighted by atomic mass is 32.2. The van der Waals surface area contributed by atoms with Crippen molar-refractivity contribution in [3.63, 3.8) is 0 Å². The number of nitrogens with zero attached hydrogens (tertiary/aromatic N) is 3. The van der Waals surface area contributed by atoms with Gasteiger partial charge in [0.25, 0.3) is 0 Å². The van der Waals surface area contributed by atoms with Crippen molar-refractivity contribution < 1.29 is 14.3 Å². The number of benzene rings is 1. The fourth-order valence-corrected chi connectivity index (χ4v) is 5.18. The third kappa shape index (κ3) is 6.27. The summed E-state index contributed by atoms with van der Waals surface area (Å²) in [4.78, 5) is 19.6. The van der Waals surface area contributed by atoms with Crippen LogP contribution in [0.15, 0.2) is 47.5 Å². The lowest BCUT2D eigenvalue weighted by molar-refractivity contribution is -0.0626. The fourth-order valence-electron chi connectivity index (χ4n) is 3.89. The summed E-state index contributed by atoms with van der Waals surface area (Å²) in [6.45, 7) is 11.8. The number of nitriles is 1. The largest absolute Gasteiger partial charge is 0.444 e. The quantitative estimate of drug-likeness (QED) is 0.477. The summed E-state index contributed by atoms with van der Waals surface area (Å²) >= 11 is 1.57. The van der Waals surface area contributed by atoms with Gasteiger partial charge in [-0.2, -0.15) is 5.26 Å². The van der Waals surface area contributed by atoms with E-state index in [-0.39, 0.29) is 17.4 Å². The van der Waals surface area contributed by atoms with Crippen molar-refractivity contribution in [2.45, 2.75) is 82.0 Å². The average molecular weight is 468 g/mol. The molecule has 1 amide bonds. The Morgan fingerprint density at radius 2 is 2.00 bits per heavy atom. The van der Waals surface area contributed by atoms with Crippen LogP contribution in [0.25, 0.3) is 0 Å². The molecule has 0 radical (unpaired) electrons. The molecule has 0 N–H and O–H groups in total. The summed E-state index contributed by atoms with van der Waals surface area (Å²) < 4.78 is 11.7. The molecule has 1 aromatic heterocycles. The summed E-state index contributed by atoms with van der Waals surface area (Å²) in [6.07, 6.45) is 1.06. The molecule has 6 nitrogen and oxygen atoms in total. The molecule has 0 saturated carbocycles. The minimum atomic E-state index is -0.767. The van der Waals surface area contributed by atoms with Crippen molar-refractivity contribution in [3.05, 3.63) is 59.3 Å². The van der Waals surface area contributed by atoms with Crippen LogP contribution < -0.4 is 0 Å². The zero-order valence-electron chi connectivity index (χ0n) is 20.3. The predicted molar refractivity (Wildman–Crippen MR) is 130 cm³/mol. The molecule has 3 rings (SSSR count). The molecule has 1 aliphatic heterocycles. The number of carbonyl (C=O) groups excluding carboxylic acids is 1. The maximum atomic E-state index is 13.1. The molecule has 1 saturated heterocycles. The summed E-state index contributed by atoms with van der Waals surface area (Å²) in [5, 5.41) is 10.3. The summed E-state index contributed by atoms with van der Waals surface area (Å²) in [5.41, 5.74) is 1.26. The van der Waals surface area contributed by atoms with Gasteiger partial charge in [0.05, 0.1) is 18.2 Å². The van der Waals surface area contributed by atoms with Crippen molar-refractivity contribution >= 4 is 17.9 Å². The van der Waals surface area contributed by atoms with Gasteiger partial charge in [0, 0.05) is 10.9 Å². The number of carbonyl (C=O) groups is 1. The molecule has 0 bridgehead atoms. The second kappa shape index (κ2) is 10.1. The number of hydrogen-bond donors (Lipinski definition) is 0. The third-order valence-electron chi connectivity index (χ3n) is 5.48. The number of ether oxygens (including phenoxy) is 2. The maximum Gasteiger partial charge on any atom is 0.412 e. The van der Waals surface area contributed by atoms with E-state index in [4.69, 9.17) is 14.5 Å².